The fourth-order valence-electron chi connectivity index (χ4n) is 5.03. The molecule has 0 radical (unpaired) electrons. The van der Waals surface area contributed by atoms with Gasteiger partial charge in [-0.2, -0.15) is 15.5 Å². The molecule has 1 saturated heterocycles. The van der Waals surface area contributed by atoms with Crippen molar-refractivity contribution in [1.29, 1.82) is 5.26 Å². The van der Waals surface area contributed by atoms with Gasteiger partial charge in [-0.25, -0.2) is 9.50 Å². The lowest BCUT2D eigenvalue weighted by molar-refractivity contribution is 0.649. The zero-order valence-electron chi connectivity index (χ0n) is 17.4. The van der Waals surface area contributed by atoms with E-state index in [4.69, 9.17) is 4.98 Å². The Morgan fingerprint density at radius 3 is 2.52 bits per heavy atom. The number of nitrogens with one attached hydrogen (secondary N) is 1. The van der Waals surface area contributed by atoms with Gasteiger partial charge < -0.3 is 10.2 Å². The van der Waals surface area contributed by atoms with Crippen molar-refractivity contribution >= 4 is 11.3 Å². The van der Waals surface area contributed by atoms with E-state index < -0.39 is 0 Å². The van der Waals surface area contributed by atoms with E-state index in [1.54, 1.807) is 15.4 Å². The first-order valence-corrected chi connectivity index (χ1v) is 10.5. The molecule has 0 bridgehead atoms. The summed E-state index contributed by atoms with van der Waals surface area (Å²) in [7, 11) is 3.95. The van der Waals surface area contributed by atoms with Gasteiger partial charge in [-0.3, -0.25) is 4.68 Å². The second-order valence-corrected chi connectivity index (χ2v) is 8.46. The number of nitriles is 1. The summed E-state index contributed by atoms with van der Waals surface area (Å²) in [5, 5.41) is 21.7. The highest BCUT2D eigenvalue weighted by Gasteiger charge is 2.55. The van der Waals surface area contributed by atoms with Gasteiger partial charge in [0.15, 0.2) is 0 Å². The molecule has 1 saturated carbocycles. The molecule has 4 aromatic rings. The van der Waals surface area contributed by atoms with E-state index in [2.05, 4.69) is 44.7 Å². The highest BCUT2D eigenvalue weighted by molar-refractivity contribution is 5.87. The molecule has 2 aliphatic rings. The van der Waals surface area contributed by atoms with Crippen LogP contribution in [0.5, 0.6) is 0 Å². The molecule has 1 aliphatic heterocycles. The van der Waals surface area contributed by atoms with E-state index >= 15 is 0 Å². The second-order valence-electron chi connectivity index (χ2n) is 8.46. The fourth-order valence-corrected chi connectivity index (χ4v) is 5.03. The monoisotopic (exact) mass is 410 g/mol. The Kier molecular flexibility index (Phi) is 3.88. The third-order valence-electron chi connectivity index (χ3n) is 6.68. The van der Waals surface area contributed by atoms with E-state index in [1.807, 2.05) is 38.9 Å². The number of pyridine rings is 2. The predicted octanol–water partition coefficient (Wildman–Crippen LogP) is 2.32. The molecule has 31 heavy (non-hydrogen) atoms. The van der Waals surface area contributed by atoms with E-state index in [9.17, 15) is 5.26 Å². The Balaban J connectivity index is 1.39. The minimum atomic E-state index is 0.551. The van der Waals surface area contributed by atoms with Gasteiger partial charge >= 0.3 is 0 Å². The molecule has 154 valence electrons. The summed E-state index contributed by atoms with van der Waals surface area (Å²) < 4.78 is 3.55. The first-order valence-electron chi connectivity index (χ1n) is 10.5. The molecular formula is C23H22N8. The smallest absolute Gasteiger partial charge is 0.128 e. The highest BCUT2D eigenvalue weighted by atomic mass is 15.3. The first kappa shape index (κ1) is 18.1. The minimum absolute atomic E-state index is 0.551. The summed E-state index contributed by atoms with van der Waals surface area (Å²) in [6, 6.07) is 9.21. The van der Waals surface area contributed by atoms with Gasteiger partial charge in [-0.15, -0.1) is 0 Å². The highest BCUT2D eigenvalue weighted by Crippen LogP contribution is 2.46. The molecule has 8 heteroatoms. The number of nitrogens with zero attached hydrogens (tertiary/aromatic N) is 7. The van der Waals surface area contributed by atoms with Crippen LogP contribution in [0.4, 0.5) is 5.82 Å². The number of piperidine rings is 1. The maximum absolute atomic E-state index is 9.60. The maximum Gasteiger partial charge on any atom is 0.128 e. The Hall–Kier alpha value is -3.70. The van der Waals surface area contributed by atoms with Crippen molar-refractivity contribution < 1.29 is 0 Å². The van der Waals surface area contributed by atoms with Crippen LogP contribution in [0.25, 0.3) is 27.8 Å². The number of aromatic nitrogens is 5. The van der Waals surface area contributed by atoms with E-state index in [0.717, 1.165) is 58.5 Å². The van der Waals surface area contributed by atoms with Gasteiger partial charge in [0.2, 0.25) is 0 Å². The molecule has 8 nitrogen and oxygen atoms in total. The molecule has 4 aromatic heterocycles. The van der Waals surface area contributed by atoms with Crippen LogP contribution in [-0.2, 0) is 7.05 Å². The number of anilines is 1. The van der Waals surface area contributed by atoms with Gasteiger partial charge in [0.25, 0.3) is 0 Å². The zero-order valence-corrected chi connectivity index (χ0v) is 17.4. The van der Waals surface area contributed by atoms with Crippen molar-refractivity contribution in [2.24, 2.45) is 18.9 Å². The molecule has 0 aromatic carbocycles. The van der Waals surface area contributed by atoms with Gasteiger partial charge in [-0.05, 0) is 37.1 Å². The minimum Gasteiger partial charge on any atom is -0.356 e. The summed E-state index contributed by atoms with van der Waals surface area (Å²) in [5.41, 5.74) is 5.24. The lowest BCUT2D eigenvalue weighted by Crippen LogP contribution is -2.30. The quantitative estimate of drug-likeness (QED) is 0.556. The van der Waals surface area contributed by atoms with E-state index in [-0.39, 0.29) is 0 Å². The van der Waals surface area contributed by atoms with Crippen LogP contribution in [-0.4, -0.2) is 50.6 Å². The Morgan fingerprint density at radius 1 is 1.03 bits per heavy atom. The van der Waals surface area contributed by atoms with Crippen LogP contribution >= 0.6 is 0 Å². The summed E-state index contributed by atoms with van der Waals surface area (Å²) >= 11 is 0. The molecule has 2 fully saturated rings. The molecule has 3 atom stereocenters. The van der Waals surface area contributed by atoms with Crippen LogP contribution in [0.15, 0.2) is 49.2 Å². The third-order valence-corrected chi connectivity index (χ3v) is 6.68. The zero-order chi connectivity index (χ0) is 21.1. The van der Waals surface area contributed by atoms with E-state index in [1.165, 1.54) is 0 Å². The molecule has 0 spiro atoms. The summed E-state index contributed by atoms with van der Waals surface area (Å²) in [4.78, 5) is 7.14. The topological polar surface area (TPSA) is 87.1 Å². The van der Waals surface area contributed by atoms with Gasteiger partial charge in [-0.1, -0.05) is 0 Å². The van der Waals surface area contributed by atoms with Crippen LogP contribution in [0.1, 0.15) is 5.56 Å². The van der Waals surface area contributed by atoms with E-state index in [0.29, 0.717) is 11.6 Å². The van der Waals surface area contributed by atoms with Crippen LogP contribution < -0.4 is 10.2 Å². The summed E-state index contributed by atoms with van der Waals surface area (Å²) in [6.07, 6.45) is 9.26. The summed E-state index contributed by atoms with van der Waals surface area (Å²) in [5.74, 6) is 2.50. The largest absolute Gasteiger partial charge is 0.356 e. The molecule has 1 N–H and O–H groups in total. The van der Waals surface area contributed by atoms with Crippen molar-refractivity contribution in [1.82, 2.24) is 29.7 Å². The molecule has 5 heterocycles. The summed E-state index contributed by atoms with van der Waals surface area (Å²) in [6.45, 7) is 2.12. The average molecular weight is 410 g/mol. The second kappa shape index (κ2) is 6.65. The standard InChI is InChI=1S/C23H22N8/c1-25-22-19-12-30(13-20(19)22)21-4-3-14(7-26-21)18-5-15(17-9-27-29(2)10-17)11-31-23(18)16(6-24)8-28-31/h3-5,7-11,19-20,22,25H,12-13H2,1-2H3/t19-,20+,22?. The Labute approximate surface area is 179 Å². The normalized spacial score (nSPS) is 22.0. The molecule has 0 amide bonds. The van der Waals surface area contributed by atoms with Crippen LogP contribution in [0.3, 0.4) is 0 Å². The molecule has 1 unspecified atom stereocenters. The Morgan fingerprint density at radius 2 is 1.87 bits per heavy atom. The first-order chi connectivity index (χ1) is 15.2. The predicted molar refractivity (Wildman–Crippen MR) is 117 cm³/mol. The lowest BCUT2D eigenvalue weighted by atomic mass is 10.0. The van der Waals surface area contributed by atoms with Crippen LogP contribution in [0, 0.1) is 23.2 Å². The van der Waals surface area contributed by atoms with Crippen molar-refractivity contribution in [3.8, 4) is 28.3 Å². The number of hydrogen-bond acceptors (Lipinski definition) is 6. The maximum atomic E-state index is 9.60. The number of rotatable bonds is 4. The van der Waals surface area contributed by atoms with Crippen molar-refractivity contribution in [2.45, 2.75) is 6.04 Å². The molecule has 1 aliphatic carbocycles. The average Bonchev–Trinajstić information content (AvgIpc) is 3.23. The molecular weight excluding hydrogens is 388 g/mol. The number of fused-ring (bicyclic) bond motifs is 2. The number of hydrogen-bond donors (Lipinski definition) is 1. The SMILES string of the molecule is CNC1[C@H]2CN(c3ccc(-c4cc(-c5cnn(C)c5)cn5ncc(C#N)c45)cn3)C[C@@H]12. The van der Waals surface area contributed by atoms with Gasteiger partial charge in [0.05, 0.1) is 23.5 Å². The van der Waals surface area contributed by atoms with Gasteiger partial charge in [0, 0.05) is 67.0 Å². The lowest BCUT2D eigenvalue weighted by Gasteiger charge is -2.21. The fraction of sp³-hybridized carbons (Fsp3) is 0.304. The number of aryl methyl sites for hydroxylation is 1. The molecule has 6 rings (SSSR count). The van der Waals surface area contributed by atoms with Crippen molar-refractivity contribution in [2.75, 3.05) is 25.0 Å². The van der Waals surface area contributed by atoms with Crippen molar-refractivity contribution in [3.63, 3.8) is 0 Å². The van der Waals surface area contributed by atoms with Crippen molar-refractivity contribution in [3.05, 3.63) is 54.7 Å². The van der Waals surface area contributed by atoms with Crippen LogP contribution in [0.2, 0.25) is 0 Å². The Bertz CT molecular complexity index is 1310. The third kappa shape index (κ3) is 2.81. The van der Waals surface area contributed by atoms with Gasteiger partial charge in [0.1, 0.15) is 11.9 Å².